The first kappa shape index (κ1) is 8.34. The Morgan fingerprint density at radius 2 is 2.42 bits per heavy atom. The Bertz CT molecular complexity index is 204. The van der Waals surface area contributed by atoms with Gasteiger partial charge in [0.15, 0.2) is 0 Å². The number of fused-ring (bicyclic) bond motifs is 1. The summed E-state index contributed by atoms with van der Waals surface area (Å²) in [5.41, 5.74) is 2.16. The summed E-state index contributed by atoms with van der Waals surface area (Å²) in [6.07, 6.45) is 7.30. The smallest absolute Gasteiger partial charge is 0.0237 e. The van der Waals surface area contributed by atoms with Gasteiger partial charge in [-0.05, 0) is 49.9 Å². The average Bonchev–Trinajstić information content (AvgIpc) is 2.55. The van der Waals surface area contributed by atoms with Crippen molar-refractivity contribution in [2.75, 3.05) is 0 Å². The first-order valence-electron chi connectivity index (χ1n) is 5.29. The highest BCUT2D eigenvalue weighted by Gasteiger charge is 2.58. The van der Waals surface area contributed by atoms with Crippen LogP contribution in [0.5, 0.6) is 0 Å². The predicted molar refractivity (Wildman–Crippen MR) is 53.0 cm³/mol. The highest BCUT2D eigenvalue weighted by atomic mass is 14.6. The minimum Gasteiger partial charge on any atom is -0.100 e. The molecule has 0 aromatic rings. The molecule has 0 aliphatic heterocycles. The molecule has 68 valence electrons. The van der Waals surface area contributed by atoms with Gasteiger partial charge in [0.1, 0.15) is 0 Å². The normalized spacial score (nSPS) is 40.7. The summed E-state index contributed by atoms with van der Waals surface area (Å²) in [6.45, 7) is 8.61. The van der Waals surface area contributed by atoms with Crippen LogP contribution in [0.2, 0.25) is 0 Å². The van der Waals surface area contributed by atoms with Crippen molar-refractivity contribution >= 4 is 0 Å². The molecule has 3 atom stereocenters. The second-order valence-corrected chi connectivity index (χ2v) is 5.09. The van der Waals surface area contributed by atoms with Crippen LogP contribution in [0, 0.1) is 17.3 Å². The molecule has 0 N–H and O–H groups in total. The van der Waals surface area contributed by atoms with E-state index in [9.17, 15) is 0 Å². The Balaban J connectivity index is 1.96. The van der Waals surface area contributed by atoms with Gasteiger partial charge in [-0.15, -0.1) is 6.58 Å². The van der Waals surface area contributed by atoms with Gasteiger partial charge in [0.25, 0.3) is 0 Å². The summed E-state index contributed by atoms with van der Waals surface area (Å²) in [5.74, 6) is 2.01. The largest absolute Gasteiger partial charge is 0.100 e. The molecule has 0 amide bonds. The molecule has 2 aliphatic rings. The zero-order chi connectivity index (χ0) is 8.77. The molecule has 0 aromatic heterocycles. The molecule has 0 heteroatoms. The van der Waals surface area contributed by atoms with Crippen molar-refractivity contribution in [2.45, 2.75) is 46.0 Å². The van der Waals surface area contributed by atoms with E-state index in [0.29, 0.717) is 0 Å². The van der Waals surface area contributed by atoms with Gasteiger partial charge in [-0.25, -0.2) is 0 Å². The molecule has 0 radical (unpaired) electrons. The van der Waals surface area contributed by atoms with Crippen LogP contribution in [0.3, 0.4) is 0 Å². The Hall–Kier alpha value is -0.260. The summed E-state index contributed by atoms with van der Waals surface area (Å²) in [7, 11) is 0. The van der Waals surface area contributed by atoms with Gasteiger partial charge in [-0.2, -0.15) is 0 Å². The summed E-state index contributed by atoms with van der Waals surface area (Å²) in [4.78, 5) is 0. The maximum atomic E-state index is 4.02. The molecule has 2 saturated carbocycles. The fraction of sp³-hybridized carbons (Fsp3) is 0.833. The van der Waals surface area contributed by atoms with Gasteiger partial charge in [0.05, 0.1) is 0 Å². The zero-order valence-electron chi connectivity index (χ0n) is 8.40. The van der Waals surface area contributed by atoms with Crippen molar-refractivity contribution in [3.8, 4) is 0 Å². The third-order valence-electron chi connectivity index (χ3n) is 4.11. The topological polar surface area (TPSA) is 0 Å². The number of rotatable bonds is 3. The van der Waals surface area contributed by atoms with Crippen LogP contribution in [0.1, 0.15) is 46.0 Å². The molecular weight excluding hydrogens is 144 g/mol. The fourth-order valence-corrected chi connectivity index (χ4v) is 3.35. The standard InChI is InChI=1S/C12H20/c1-9(2)7-10(3)12-6-4-5-11(12)8-12/h10-11H,1,4-8H2,2-3H3/t10?,11-,12?/m0/s1. The van der Waals surface area contributed by atoms with E-state index in [-0.39, 0.29) is 0 Å². The first-order valence-corrected chi connectivity index (χ1v) is 5.29. The van der Waals surface area contributed by atoms with E-state index in [2.05, 4.69) is 20.4 Å². The lowest BCUT2D eigenvalue weighted by atomic mass is 9.84. The van der Waals surface area contributed by atoms with E-state index in [1.165, 1.54) is 37.7 Å². The highest BCUT2D eigenvalue weighted by Crippen LogP contribution is 2.68. The van der Waals surface area contributed by atoms with Crippen LogP contribution >= 0.6 is 0 Å². The molecule has 0 spiro atoms. The van der Waals surface area contributed by atoms with Gasteiger partial charge in [-0.1, -0.05) is 18.9 Å². The second-order valence-electron chi connectivity index (χ2n) is 5.09. The lowest BCUT2D eigenvalue weighted by Crippen LogP contribution is -2.12. The number of hydrogen-bond acceptors (Lipinski definition) is 0. The van der Waals surface area contributed by atoms with E-state index >= 15 is 0 Å². The van der Waals surface area contributed by atoms with Crippen molar-refractivity contribution in [1.82, 2.24) is 0 Å². The van der Waals surface area contributed by atoms with Crippen LogP contribution in [-0.4, -0.2) is 0 Å². The highest BCUT2D eigenvalue weighted by molar-refractivity contribution is 5.10. The van der Waals surface area contributed by atoms with Gasteiger partial charge < -0.3 is 0 Å². The number of hydrogen-bond donors (Lipinski definition) is 0. The summed E-state index contributed by atoms with van der Waals surface area (Å²) in [6, 6.07) is 0. The molecule has 2 rings (SSSR count). The average molecular weight is 164 g/mol. The summed E-state index contributed by atoms with van der Waals surface area (Å²) >= 11 is 0. The van der Waals surface area contributed by atoms with E-state index in [4.69, 9.17) is 0 Å². The van der Waals surface area contributed by atoms with Gasteiger partial charge in [0, 0.05) is 0 Å². The molecule has 2 unspecified atom stereocenters. The van der Waals surface area contributed by atoms with Crippen molar-refractivity contribution < 1.29 is 0 Å². The summed E-state index contributed by atoms with van der Waals surface area (Å²) in [5, 5.41) is 0. The minimum absolute atomic E-state index is 0.791. The molecule has 0 saturated heterocycles. The third-order valence-corrected chi connectivity index (χ3v) is 4.11. The molecule has 0 nitrogen and oxygen atoms in total. The maximum Gasteiger partial charge on any atom is -0.0237 e. The molecule has 0 heterocycles. The lowest BCUT2D eigenvalue weighted by molar-refractivity contribution is 0.315. The third kappa shape index (κ3) is 1.12. The van der Waals surface area contributed by atoms with Gasteiger partial charge >= 0.3 is 0 Å². The van der Waals surface area contributed by atoms with Crippen LogP contribution in [-0.2, 0) is 0 Å². The van der Waals surface area contributed by atoms with Crippen molar-refractivity contribution in [3.63, 3.8) is 0 Å². The van der Waals surface area contributed by atoms with E-state index < -0.39 is 0 Å². The summed E-state index contributed by atoms with van der Waals surface area (Å²) < 4.78 is 0. The lowest BCUT2D eigenvalue weighted by Gasteiger charge is -2.21. The van der Waals surface area contributed by atoms with Crippen LogP contribution in [0.15, 0.2) is 12.2 Å². The molecule has 0 bridgehead atoms. The first-order chi connectivity index (χ1) is 5.65. The maximum absolute atomic E-state index is 4.02. The van der Waals surface area contributed by atoms with Gasteiger partial charge in [0.2, 0.25) is 0 Å². The monoisotopic (exact) mass is 164 g/mol. The minimum atomic E-state index is 0.791. The Morgan fingerprint density at radius 1 is 1.67 bits per heavy atom. The Morgan fingerprint density at radius 3 is 2.83 bits per heavy atom. The SMILES string of the molecule is C=C(C)CC(C)C12CCC[C@H]1C2. The van der Waals surface area contributed by atoms with Crippen molar-refractivity contribution in [3.05, 3.63) is 12.2 Å². The molecular formula is C12H20. The molecule has 2 fully saturated rings. The quantitative estimate of drug-likeness (QED) is 0.557. The van der Waals surface area contributed by atoms with E-state index in [1.54, 1.807) is 0 Å². The molecule has 2 aliphatic carbocycles. The van der Waals surface area contributed by atoms with Crippen LogP contribution < -0.4 is 0 Å². The van der Waals surface area contributed by atoms with E-state index in [0.717, 1.165) is 17.3 Å². The molecule has 12 heavy (non-hydrogen) atoms. The second kappa shape index (κ2) is 2.61. The Labute approximate surface area is 76.1 Å². The fourth-order valence-electron chi connectivity index (χ4n) is 3.35. The zero-order valence-corrected chi connectivity index (χ0v) is 8.40. The van der Waals surface area contributed by atoms with Crippen molar-refractivity contribution in [2.24, 2.45) is 17.3 Å². The van der Waals surface area contributed by atoms with Crippen LogP contribution in [0.4, 0.5) is 0 Å². The molecule has 0 aromatic carbocycles. The Kier molecular flexibility index (Phi) is 1.82. The van der Waals surface area contributed by atoms with Gasteiger partial charge in [-0.3, -0.25) is 0 Å². The predicted octanol–water partition coefficient (Wildman–Crippen LogP) is 3.78. The number of allylic oxidation sites excluding steroid dienone is 1. The van der Waals surface area contributed by atoms with Crippen molar-refractivity contribution in [1.29, 1.82) is 0 Å². The van der Waals surface area contributed by atoms with E-state index in [1.807, 2.05) is 0 Å². The van der Waals surface area contributed by atoms with Crippen LogP contribution in [0.25, 0.3) is 0 Å².